The van der Waals surface area contributed by atoms with Gasteiger partial charge in [-0.25, -0.2) is 0 Å². The highest BCUT2D eigenvalue weighted by atomic mass is 79.9. The molecule has 78 valence electrons. The molecule has 0 nitrogen and oxygen atoms in total. The minimum absolute atomic E-state index is 0.647. The summed E-state index contributed by atoms with van der Waals surface area (Å²) in [5.74, 6) is 0. The van der Waals surface area contributed by atoms with E-state index in [1.165, 1.54) is 36.0 Å². The number of hydrogen-bond donors (Lipinski definition) is 0. The maximum Gasteiger partial charge on any atom is 0.0117 e. The lowest BCUT2D eigenvalue weighted by atomic mass is 10.0. The van der Waals surface area contributed by atoms with Crippen LogP contribution in [-0.2, 0) is 6.42 Å². The van der Waals surface area contributed by atoms with Crippen molar-refractivity contribution in [1.82, 2.24) is 0 Å². The maximum absolute atomic E-state index is 3.58. The zero-order valence-electron chi connectivity index (χ0n) is 9.31. The molecule has 0 spiro atoms. The monoisotopic (exact) mass is 254 g/mol. The van der Waals surface area contributed by atoms with E-state index in [1.54, 1.807) is 0 Å². The summed E-state index contributed by atoms with van der Waals surface area (Å²) < 4.78 is 0. The number of alkyl halides is 1. The van der Waals surface area contributed by atoms with Gasteiger partial charge in [-0.1, -0.05) is 52.2 Å². The summed E-state index contributed by atoms with van der Waals surface area (Å²) in [6, 6.07) is 6.83. The Morgan fingerprint density at radius 1 is 1.14 bits per heavy atom. The highest BCUT2D eigenvalue weighted by Gasteiger charge is 1.98. The molecule has 0 saturated carbocycles. The molecule has 0 aliphatic carbocycles. The van der Waals surface area contributed by atoms with Crippen molar-refractivity contribution in [3.8, 4) is 0 Å². The first-order chi connectivity index (χ1) is 6.58. The molecule has 0 heterocycles. The summed E-state index contributed by atoms with van der Waals surface area (Å²) in [5, 5.41) is 0. The first kappa shape index (κ1) is 11.8. The zero-order chi connectivity index (χ0) is 10.6. The van der Waals surface area contributed by atoms with E-state index in [0.29, 0.717) is 4.83 Å². The van der Waals surface area contributed by atoms with Crippen LogP contribution < -0.4 is 0 Å². The van der Waals surface area contributed by atoms with E-state index < -0.39 is 0 Å². The first-order valence-corrected chi connectivity index (χ1v) is 6.21. The minimum atomic E-state index is 0.647. The van der Waals surface area contributed by atoms with Crippen molar-refractivity contribution < 1.29 is 0 Å². The van der Waals surface area contributed by atoms with Gasteiger partial charge in [-0.15, -0.1) is 0 Å². The van der Waals surface area contributed by atoms with Crippen LogP contribution >= 0.6 is 15.9 Å². The van der Waals surface area contributed by atoms with Gasteiger partial charge in [0.2, 0.25) is 0 Å². The molecule has 14 heavy (non-hydrogen) atoms. The van der Waals surface area contributed by atoms with Crippen LogP contribution in [-0.4, -0.2) is 4.83 Å². The van der Waals surface area contributed by atoms with Crippen LogP contribution in [0.5, 0.6) is 0 Å². The third kappa shape index (κ3) is 4.28. The van der Waals surface area contributed by atoms with Gasteiger partial charge in [0.05, 0.1) is 0 Å². The summed E-state index contributed by atoms with van der Waals surface area (Å²) in [6.45, 7) is 6.55. The molecule has 0 aromatic heterocycles. The molecular weight excluding hydrogens is 236 g/mol. The lowest BCUT2D eigenvalue weighted by Gasteiger charge is -2.06. The van der Waals surface area contributed by atoms with E-state index in [2.05, 4.69) is 54.9 Å². The van der Waals surface area contributed by atoms with Gasteiger partial charge in [-0.2, -0.15) is 0 Å². The zero-order valence-corrected chi connectivity index (χ0v) is 10.9. The number of aryl methyl sites for hydroxylation is 3. The highest BCUT2D eigenvalue weighted by Crippen LogP contribution is 2.14. The molecule has 1 rings (SSSR count). The van der Waals surface area contributed by atoms with Crippen molar-refractivity contribution in [1.29, 1.82) is 0 Å². The normalized spacial score (nSPS) is 12.9. The van der Waals surface area contributed by atoms with Crippen molar-refractivity contribution in [3.05, 3.63) is 34.9 Å². The Morgan fingerprint density at radius 3 is 2.21 bits per heavy atom. The summed E-state index contributed by atoms with van der Waals surface area (Å²) in [7, 11) is 0. The van der Waals surface area contributed by atoms with Gasteiger partial charge in [0.1, 0.15) is 0 Å². The Bertz CT molecular complexity index is 269. The Balaban J connectivity index is 2.50. The second kappa shape index (κ2) is 5.55. The molecule has 1 unspecified atom stereocenters. The predicted molar refractivity (Wildman–Crippen MR) is 67.2 cm³/mol. The molecule has 1 atom stereocenters. The average molecular weight is 255 g/mol. The standard InChI is InChI=1S/C13H19Br/c1-10-7-11(2)9-13(8-10)6-4-5-12(3)14/h7-9,12H,4-6H2,1-3H3. The first-order valence-electron chi connectivity index (χ1n) is 5.29. The molecule has 1 aromatic carbocycles. The van der Waals surface area contributed by atoms with Crippen molar-refractivity contribution in [2.75, 3.05) is 0 Å². The van der Waals surface area contributed by atoms with E-state index in [0.717, 1.165) is 0 Å². The van der Waals surface area contributed by atoms with Gasteiger partial charge in [0, 0.05) is 4.83 Å². The van der Waals surface area contributed by atoms with E-state index in [-0.39, 0.29) is 0 Å². The van der Waals surface area contributed by atoms with Crippen LogP contribution in [0.4, 0.5) is 0 Å². The number of benzene rings is 1. The van der Waals surface area contributed by atoms with Gasteiger partial charge < -0.3 is 0 Å². The van der Waals surface area contributed by atoms with Gasteiger partial charge in [0.25, 0.3) is 0 Å². The summed E-state index contributed by atoms with van der Waals surface area (Å²) in [6.07, 6.45) is 3.74. The van der Waals surface area contributed by atoms with E-state index in [4.69, 9.17) is 0 Å². The fourth-order valence-corrected chi connectivity index (χ4v) is 2.12. The minimum Gasteiger partial charge on any atom is -0.0894 e. The lowest BCUT2D eigenvalue weighted by molar-refractivity contribution is 0.735. The molecule has 0 aliphatic rings. The third-order valence-electron chi connectivity index (χ3n) is 2.35. The van der Waals surface area contributed by atoms with Crippen molar-refractivity contribution >= 4 is 15.9 Å². The van der Waals surface area contributed by atoms with E-state index in [9.17, 15) is 0 Å². The molecule has 0 amide bonds. The fraction of sp³-hybridized carbons (Fsp3) is 0.538. The second-order valence-corrected chi connectivity index (χ2v) is 5.73. The number of halogens is 1. The van der Waals surface area contributed by atoms with Crippen molar-refractivity contribution in [2.45, 2.75) is 44.9 Å². The quantitative estimate of drug-likeness (QED) is 0.699. The van der Waals surface area contributed by atoms with Crippen LogP contribution in [0.2, 0.25) is 0 Å². The molecule has 0 radical (unpaired) electrons. The Morgan fingerprint density at radius 2 is 1.71 bits per heavy atom. The van der Waals surface area contributed by atoms with Crippen LogP contribution in [0, 0.1) is 13.8 Å². The molecular formula is C13H19Br. The van der Waals surface area contributed by atoms with E-state index in [1.807, 2.05) is 0 Å². The summed E-state index contributed by atoms with van der Waals surface area (Å²) in [5.41, 5.74) is 4.24. The maximum atomic E-state index is 3.58. The molecule has 0 fully saturated rings. The molecule has 0 N–H and O–H groups in total. The smallest absolute Gasteiger partial charge is 0.0117 e. The van der Waals surface area contributed by atoms with Crippen LogP contribution in [0.1, 0.15) is 36.5 Å². The molecule has 1 aromatic rings. The van der Waals surface area contributed by atoms with Gasteiger partial charge in [0.15, 0.2) is 0 Å². The Kier molecular flexibility index (Phi) is 4.67. The SMILES string of the molecule is Cc1cc(C)cc(CCCC(C)Br)c1. The van der Waals surface area contributed by atoms with E-state index >= 15 is 0 Å². The highest BCUT2D eigenvalue weighted by molar-refractivity contribution is 9.09. The largest absolute Gasteiger partial charge is 0.0894 e. The average Bonchev–Trinajstić information content (AvgIpc) is 2.01. The van der Waals surface area contributed by atoms with Crippen LogP contribution in [0.3, 0.4) is 0 Å². The van der Waals surface area contributed by atoms with Gasteiger partial charge in [-0.3, -0.25) is 0 Å². The van der Waals surface area contributed by atoms with Crippen molar-refractivity contribution in [3.63, 3.8) is 0 Å². The fourth-order valence-electron chi connectivity index (χ4n) is 1.80. The Labute approximate surface area is 95.9 Å². The number of rotatable bonds is 4. The van der Waals surface area contributed by atoms with Crippen molar-refractivity contribution in [2.24, 2.45) is 0 Å². The lowest BCUT2D eigenvalue weighted by Crippen LogP contribution is -1.93. The van der Waals surface area contributed by atoms with Gasteiger partial charge in [-0.05, 0) is 38.7 Å². The topological polar surface area (TPSA) is 0 Å². The molecule has 0 aliphatic heterocycles. The Hall–Kier alpha value is -0.300. The van der Waals surface area contributed by atoms with Gasteiger partial charge >= 0.3 is 0 Å². The second-order valence-electron chi connectivity index (χ2n) is 4.17. The summed E-state index contributed by atoms with van der Waals surface area (Å²) in [4.78, 5) is 0.647. The summed E-state index contributed by atoms with van der Waals surface area (Å²) >= 11 is 3.58. The van der Waals surface area contributed by atoms with Crippen LogP contribution in [0.25, 0.3) is 0 Å². The molecule has 0 bridgehead atoms. The number of hydrogen-bond acceptors (Lipinski definition) is 0. The molecule has 0 saturated heterocycles. The predicted octanol–water partition coefficient (Wildman–Crippen LogP) is 4.41. The third-order valence-corrected chi connectivity index (χ3v) is 2.81. The molecule has 1 heteroatoms. The van der Waals surface area contributed by atoms with Crippen LogP contribution in [0.15, 0.2) is 18.2 Å².